The molecule has 0 atom stereocenters. The van der Waals surface area contributed by atoms with Crippen molar-refractivity contribution in [2.45, 2.75) is 6.42 Å². The van der Waals surface area contributed by atoms with Gasteiger partial charge in [-0.15, -0.1) is 0 Å². The molecule has 1 amide bonds. The molecule has 0 radical (unpaired) electrons. The smallest absolute Gasteiger partial charge is 0.274 e. The van der Waals surface area contributed by atoms with Gasteiger partial charge in [0.15, 0.2) is 0 Å². The maximum absolute atomic E-state index is 14.4. The molecule has 3 aromatic rings. The van der Waals surface area contributed by atoms with Gasteiger partial charge < -0.3 is 0 Å². The topological polar surface area (TPSA) is 61.7 Å². The minimum Gasteiger partial charge on any atom is -0.288 e. The van der Waals surface area contributed by atoms with Crippen molar-refractivity contribution in [2.24, 2.45) is 4.99 Å². The first-order valence-corrected chi connectivity index (χ1v) is 8.16. The number of hydrogen-bond acceptors (Lipinski definition) is 3. The summed E-state index contributed by atoms with van der Waals surface area (Å²) in [5.74, 6) is -0.944. The lowest BCUT2D eigenvalue weighted by Crippen LogP contribution is -2.18. The first-order valence-electron chi connectivity index (χ1n) is 8.16. The van der Waals surface area contributed by atoms with Gasteiger partial charge in [-0.2, -0.15) is 0 Å². The lowest BCUT2D eigenvalue weighted by atomic mass is 9.94. The van der Waals surface area contributed by atoms with Gasteiger partial charge in [-0.25, -0.2) is 14.9 Å². The van der Waals surface area contributed by atoms with Crippen LogP contribution in [0.5, 0.6) is 0 Å². The van der Waals surface area contributed by atoms with Crippen LogP contribution in [0.4, 0.5) is 10.1 Å². The van der Waals surface area contributed by atoms with Crippen molar-refractivity contribution < 1.29 is 14.4 Å². The van der Waals surface area contributed by atoms with E-state index in [-0.39, 0.29) is 5.82 Å². The molecule has 0 aromatic heterocycles. The highest BCUT2D eigenvalue weighted by molar-refractivity contribution is 6.15. The largest absolute Gasteiger partial charge is 0.288 e. The molecule has 128 valence electrons. The minimum atomic E-state index is -0.587. The number of hydrogen-bond donors (Lipinski definition) is 2. The molecular weight excluding hydrogens is 331 g/mol. The lowest BCUT2D eigenvalue weighted by Gasteiger charge is -2.10. The summed E-state index contributed by atoms with van der Waals surface area (Å²) in [5.41, 5.74) is 6.53. The molecule has 0 saturated carbocycles. The number of hydroxylamine groups is 1. The Morgan fingerprint density at radius 3 is 2.46 bits per heavy atom. The van der Waals surface area contributed by atoms with Crippen molar-refractivity contribution in [1.82, 2.24) is 5.48 Å². The van der Waals surface area contributed by atoms with Crippen LogP contribution in [0.2, 0.25) is 0 Å². The summed E-state index contributed by atoms with van der Waals surface area (Å²) >= 11 is 0. The van der Waals surface area contributed by atoms with Gasteiger partial charge in [0, 0.05) is 23.1 Å². The van der Waals surface area contributed by atoms with Crippen molar-refractivity contribution in [1.29, 1.82) is 0 Å². The second kappa shape index (κ2) is 6.54. The SMILES string of the molecule is O=C(NO)c1ccc(C2=Nc3c(F)cccc3Cc3ccccc32)cc1. The highest BCUT2D eigenvalue weighted by atomic mass is 19.1. The van der Waals surface area contributed by atoms with E-state index >= 15 is 0 Å². The summed E-state index contributed by atoms with van der Waals surface area (Å²) in [7, 11) is 0. The van der Waals surface area contributed by atoms with Gasteiger partial charge in [0.05, 0.1) is 5.71 Å². The van der Waals surface area contributed by atoms with Crippen LogP contribution < -0.4 is 5.48 Å². The van der Waals surface area contributed by atoms with Gasteiger partial charge >= 0.3 is 0 Å². The molecule has 1 aliphatic rings. The maximum atomic E-state index is 14.4. The summed E-state index contributed by atoms with van der Waals surface area (Å²) < 4.78 is 14.4. The molecule has 1 aliphatic heterocycles. The third kappa shape index (κ3) is 2.78. The van der Waals surface area contributed by atoms with E-state index in [0.717, 1.165) is 22.3 Å². The molecule has 2 N–H and O–H groups in total. The van der Waals surface area contributed by atoms with Crippen LogP contribution in [-0.2, 0) is 6.42 Å². The van der Waals surface area contributed by atoms with Crippen molar-refractivity contribution in [3.05, 3.63) is 100 Å². The number of aliphatic imine (C=N–C) groups is 1. The number of carbonyl (C=O) groups is 1. The Bertz CT molecular complexity index is 1030. The van der Waals surface area contributed by atoms with E-state index in [2.05, 4.69) is 4.99 Å². The predicted molar refractivity (Wildman–Crippen MR) is 96.6 cm³/mol. The molecule has 1 heterocycles. The average Bonchev–Trinajstić information content (AvgIpc) is 2.85. The molecule has 0 aliphatic carbocycles. The van der Waals surface area contributed by atoms with Gasteiger partial charge in [0.2, 0.25) is 0 Å². The van der Waals surface area contributed by atoms with E-state index in [4.69, 9.17) is 5.21 Å². The highest BCUT2D eigenvalue weighted by Gasteiger charge is 2.20. The van der Waals surface area contributed by atoms with Crippen molar-refractivity contribution >= 4 is 17.3 Å². The normalized spacial score (nSPS) is 12.5. The van der Waals surface area contributed by atoms with Crippen LogP contribution >= 0.6 is 0 Å². The van der Waals surface area contributed by atoms with E-state index in [9.17, 15) is 9.18 Å². The van der Waals surface area contributed by atoms with Crippen molar-refractivity contribution in [3.8, 4) is 0 Å². The number of nitrogens with one attached hydrogen (secondary N) is 1. The third-order valence-electron chi connectivity index (χ3n) is 4.47. The molecule has 0 saturated heterocycles. The molecule has 26 heavy (non-hydrogen) atoms. The van der Waals surface area contributed by atoms with Gasteiger partial charge in [0.1, 0.15) is 11.5 Å². The molecule has 5 heteroatoms. The number of nitrogens with zero attached hydrogens (tertiary/aromatic N) is 1. The summed E-state index contributed by atoms with van der Waals surface area (Å²) in [6, 6.07) is 19.5. The predicted octanol–water partition coefficient (Wildman–Crippen LogP) is 4.02. The van der Waals surface area contributed by atoms with Crippen molar-refractivity contribution in [2.75, 3.05) is 0 Å². The first kappa shape index (κ1) is 16.2. The number of rotatable bonds is 2. The number of halogens is 1. The zero-order chi connectivity index (χ0) is 18.1. The maximum Gasteiger partial charge on any atom is 0.274 e. The first-order chi connectivity index (χ1) is 12.7. The second-order valence-electron chi connectivity index (χ2n) is 6.06. The number of carbonyl (C=O) groups excluding carboxylic acids is 1. The number of amides is 1. The summed E-state index contributed by atoms with van der Waals surface area (Å²) in [4.78, 5) is 16.2. The number of fused-ring (bicyclic) bond motifs is 2. The standard InChI is InChI=1S/C21H15FN2O2/c22-18-7-3-5-16-12-15-4-1-2-6-17(15)19(23-20(16)18)13-8-10-14(11-9-13)21(25)24-26/h1-11,26H,12H2,(H,24,25). The van der Waals surface area contributed by atoms with Crippen LogP contribution in [-0.4, -0.2) is 16.8 Å². The second-order valence-corrected chi connectivity index (χ2v) is 6.06. The fourth-order valence-corrected chi connectivity index (χ4v) is 3.17. The van der Waals surface area contributed by atoms with Gasteiger partial charge in [0.25, 0.3) is 5.91 Å². The van der Waals surface area contributed by atoms with E-state index in [0.29, 0.717) is 23.4 Å². The van der Waals surface area contributed by atoms with Gasteiger partial charge in [-0.05, 0) is 29.3 Å². The van der Waals surface area contributed by atoms with E-state index in [1.165, 1.54) is 6.07 Å². The van der Waals surface area contributed by atoms with Crippen molar-refractivity contribution in [3.63, 3.8) is 0 Å². The Labute approximate surface area is 149 Å². The summed E-state index contributed by atoms with van der Waals surface area (Å²) in [6.07, 6.45) is 0.598. The molecular formula is C21H15FN2O2. The van der Waals surface area contributed by atoms with Crippen LogP contribution in [0.3, 0.4) is 0 Å². The van der Waals surface area contributed by atoms with E-state index < -0.39 is 5.91 Å². The molecule has 0 spiro atoms. The summed E-state index contributed by atoms with van der Waals surface area (Å²) in [5, 5.41) is 8.75. The molecule has 3 aromatic carbocycles. The van der Waals surface area contributed by atoms with Crippen LogP contribution in [0, 0.1) is 5.82 Å². The monoisotopic (exact) mass is 346 g/mol. The van der Waals surface area contributed by atoms with Crippen LogP contribution in [0.25, 0.3) is 0 Å². The quantitative estimate of drug-likeness (QED) is 0.425. The Balaban J connectivity index is 1.90. The Morgan fingerprint density at radius 2 is 1.69 bits per heavy atom. The lowest BCUT2D eigenvalue weighted by molar-refractivity contribution is 0.0706. The zero-order valence-corrected chi connectivity index (χ0v) is 13.7. The molecule has 0 unspecified atom stereocenters. The van der Waals surface area contributed by atoms with Gasteiger partial charge in [-0.3, -0.25) is 10.0 Å². The third-order valence-corrected chi connectivity index (χ3v) is 4.47. The highest BCUT2D eigenvalue weighted by Crippen LogP contribution is 2.32. The number of benzene rings is 3. The Morgan fingerprint density at radius 1 is 0.962 bits per heavy atom. The zero-order valence-electron chi connectivity index (χ0n) is 13.7. The fourth-order valence-electron chi connectivity index (χ4n) is 3.17. The molecule has 4 rings (SSSR count). The molecule has 4 nitrogen and oxygen atoms in total. The van der Waals surface area contributed by atoms with Gasteiger partial charge in [-0.1, -0.05) is 48.5 Å². The summed E-state index contributed by atoms with van der Waals surface area (Å²) in [6.45, 7) is 0. The number of para-hydroxylation sites is 1. The fraction of sp³-hybridized carbons (Fsp3) is 0.0476. The molecule has 0 fully saturated rings. The average molecular weight is 346 g/mol. The molecule has 0 bridgehead atoms. The van der Waals surface area contributed by atoms with E-state index in [1.54, 1.807) is 35.8 Å². The van der Waals surface area contributed by atoms with Crippen LogP contribution in [0.1, 0.15) is 32.6 Å². The Hall–Kier alpha value is -3.31. The van der Waals surface area contributed by atoms with E-state index in [1.807, 2.05) is 30.3 Å². The minimum absolute atomic E-state index is 0.324. The Kier molecular flexibility index (Phi) is 4.07. The van der Waals surface area contributed by atoms with Crippen LogP contribution in [0.15, 0.2) is 71.7 Å².